The van der Waals surface area contributed by atoms with Crippen molar-refractivity contribution >= 4 is 17.2 Å². The Hall–Kier alpha value is -2.80. The molecule has 0 unspecified atom stereocenters. The van der Waals surface area contributed by atoms with Gasteiger partial charge in [0, 0.05) is 6.20 Å². The number of aromatic nitrogens is 2. The van der Waals surface area contributed by atoms with Crippen molar-refractivity contribution in [3.05, 3.63) is 64.7 Å². The summed E-state index contributed by atoms with van der Waals surface area (Å²) < 4.78 is 19.4. The van der Waals surface area contributed by atoms with Crippen LogP contribution in [0.3, 0.4) is 0 Å². The number of methoxy groups -OCH3 is 1. The van der Waals surface area contributed by atoms with Crippen LogP contribution in [0.5, 0.6) is 5.75 Å². The van der Waals surface area contributed by atoms with Crippen molar-refractivity contribution in [3.63, 3.8) is 0 Å². The summed E-state index contributed by atoms with van der Waals surface area (Å²) in [5.41, 5.74) is 1.57. The maximum atomic E-state index is 14.2. The van der Waals surface area contributed by atoms with Gasteiger partial charge in [-0.25, -0.2) is 9.37 Å². The second-order valence-corrected chi connectivity index (χ2v) is 6.25. The Morgan fingerprint density at radius 3 is 2.84 bits per heavy atom. The van der Waals surface area contributed by atoms with Crippen molar-refractivity contribution in [1.82, 2.24) is 15.3 Å². The molecule has 1 N–H and O–H groups in total. The lowest BCUT2D eigenvalue weighted by Gasteiger charge is -2.06. The van der Waals surface area contributed by atoms with Crippen LogP contribution in [0.1, 0.15) is 21.1 Å². The average molecular weight is 357 g/mol. The van der Waals surface area contributed by atoms with E-state index >= 15 is 0 Å². The van der Waals surface area contributed by atoms with Crippen LogP contribution in [0.4, 0.5) is 4.39 Å². The molecule has 0 aliphatic carbocycles. The van der Waals surface area contributed by atoms with E-state index in [1.807, 2.05) is 18.2 Å². The molecule has 0 spiro atoms. The van der Waals surface area contributed by atoms with Crippen LogP contribution in [-0.4, -0.2) is 23.0 Å². The summed E-state index contributed by atoms with van der Waals surface area (Å²) >= 11 is 1.14. The Kier molecular flexibility index (Phi) is 5.04. The van der Waals surface area contributed by atoms with Crippen molar-refractivity contribution < 1.29 is 13.9 Å². The third-order valence-electron chi connectivity index (χ3n) is 3.57. The van der Waals surface area contributed by atoms with Gasteiger partial charge in [0.15, 0.2) is 0 Å². The molecular weight excluding hydrogens is 341 g/mol. The quantitative estimate of drug-likeness (QED) is 0.758. The summed E-state index contributed by atoms with van der Waals surface area (Å²) in [6.45, 7) is 2.04. The number of thiazole rings is 1. The molecule has 1 amide bonds. The number of pyridine rings is 1. The van der Waals surface area contributed by atoms with E-state index in [-0.39, 0.29) is 11.5 Å². The first kappa shape index (κ1) is 17.0. The second-order valence-electron chi connectivity index (χ2n) is 5.25. The number of hydrogen-bond acceptors (Lipinski definition) is 5. The largest absolute Gasteiger partial charge is 0.496 e. The van der Waals surface area contributed by atoms with Crippen molar-refractivity contribution in [2.24, 2.45) is 0 Å². The predicted molar refractivity (Wildman–Crippen MR) is 94.2 cm³/mol. The smallest absolute Gasteiger partial charge is 0.263 e. The highest BCUT2D eigenvalue weighted by atomic mass is 32.1. The fourth-order valence-corrected chi connectivity index (χ4v) is 3.38. The molecule has 2 aromatic heterocycles. The molecular formula is C18H16FN3O2S. The zero-order valence-corrected chi connectivity index (χ0v) is 14.6. The van der Waals surface area contributed by atoms with Gasteiger partial charge in [-0.2, -0.15) is 0 Å². The van der Waals surface area contributed by atoms with E-state index in [4.69, 9.17) is 4.74 Å². The minimum atomic E-state index is -0.437. The van der Waals surface area contributed by atoms with Gasteiger partial charge in [-0.15, -0.1) is 11.3 Å². The third kappa shape index (κ3) is 3.66. The lowest BCUT2D eigenvalue weighted by Crippen LogP contribution is -2.23. The Bertz CT molecular complexity index is 897. The molecule has 0 fully saturated rings. The molecule has 0 saturated carbocycles. The highest BCUT2D eigenvalue weighted by Crippen LogP contribution is 2.36. The standard InChI is InChI=1S/C18H16FN3O2S/c1-11-16(17(23)21-10-12-6-3-4-9-20-12)25-18(22-11)15-13(19)7-5-8-14(15)24-2/h3-9H,10H2,1-2H3,(H,21,23). The first-order chi connectivity index (χ1) is 12.1. The number of hydrogen-bond donors (Lipinski definition) is 1. The number of halogens is 1. The van der Waals surface area contributed by atoms with Gasteiger partial charge in [0.05, 0.1) is 30.6 Å². The second kappa shape index (κ2) is 7.40. The number of aryl methyl sites for hydroxylation is 1. The van der Waals surface area contributed by atoms with E-state index in [9.17, 15) is 9.18 Å². The van der Waals surface area contributed by atoms with Gasteiger partial charge < -0.3 is 10.1 Å². The van der Waals surface area contributed by atoms with E-state index in [1.54, 1.807) is 25.3 Å². The van der Waals surface area contributed by atoms with E-state index < -0.39 is 5.82 Å². The summed E-state index contributed by atoms with van der Waals surface area (Å²) in [7, 11) is 1.47. The van der Waals surface area contributed by atoms with Crippen molar-refractivity contribution in [2.45, 2.75) is 13.5 Å². The normalized spacial score (nSPS) is 10.5. The molecule has 3 rings (SSSR count). The number of carbonyl (C=O) groups excluding carboxylic acids is 1. The zero-order chi connectivity index (χ0) is 17.8. The van der Waals surface area contributed by atoms with Gasteiger partial charge in [0.1, 0.15) is 21.5 Å². The fraction of sp³-hybridized carbons (Fsp3) is 0.167. The molecule has 0 bridgehead atoms. The number of ether oxygens (including phenoxy) is 1. The minimum Gasteiger partial charge on any atom is -0.496 e. The first-order valence-electron chi connectivity index (χ1n) is 7.58. The van der Waals surface area contributed by atoms with Gasteiger partial charge in [-0.3, -0.25) is 9.78 Å². The van der Waals surface area contributed by atoms with Crippen LogP contribution < -0.4 is 10.1 Å². The summed E-state index contributed by atoms with van der Waals surface area (Å²) in [4.78, 5) is 21.4. The minimum absolute atomic E-state index is 0.262. The Balaban J connectivity index is 1.84. The molecule has 7 heteroatoms. The number of amides is 1. The molecule has 25 heavy (non-hydrogen) atoms. The monoisotopic (exact) mass is 357 g/mol. The van der Waals surface area contributed by atoms with Crippen LogP contribution in [-0.2, 0) is 6.54 Å². The average Bonchev–Trinajstić information content (AvgIpc) is 3.01. The van der Waals surface area contributed by atoms with Gasteiger partial charge in [-0.1, -0.05) is 12.1 Å². The van der Waals surface area contributed by atoms with Crippen LogP contribution in [0.25, 0.3) is 10.6 Å². The van der Waals surface area contributed by atoms with Crippen LogP contribution in [0.2, 0.25) is 0 Å². The van der Waals surface area contributed by atoms with Gasteiger partial charge in [0.25, 0.3) is 5.91 Å². The predicted octanol–water partition coefficient (Wildman–Crippen LogP) is 3.59. The topological polar surface area (TPSA) is 64.1 Å². The highest BCUT2D eigenvalue weighted by molar-refractivity contribution is 7.17. The maximum Gasteiger partial charge on any atom is 0.263 e. The molecule has 2 heterocycles. The van der Waals surface area contributed by atoms with Crippen molar-refractivity contribution in [1.29, 1.82) is 0 Å². The molecule has 3 aromatic rings. The zero-order valence-electron chi connectivity index (χ0n) is 13.7. The van der Waals surface area contributed by atoms with Crippen molar-refractivity contribution in [2.75, 3.05) is 7.11 Å². The van der Waals surface area contributed by atoms with E-state index in [0.29, 0.717) is 27.9 Å². The molecule has 0 saturated heterocycles. The maximum absolute atomic E-state index is 14.2. The van der Waals surface area contributed by atoms with Gasteiger partial charge in [0.2, 0.25) is 0 Å². The SMILES string of the molecule is COc1cccc(F)c1-c1nc(C)c(C(=O)NCc2ccccn2)s1. The molecule has 0 aliphatic heterocycles. The molecule has 0 aliphatic rings. The summed E-state index contributed by atoms with van der Waals surface area (Å²) in [6, 6.07) is 10.1. The molecule has 0 atom stereocenters. The van der Waals surface area contributed by atoms with E-state index in [1.165, 1.54) is 13.2 Å². The van der Waals surface area contributed by atoms with E-state index in [2.05, 4.69) is 15.3 Å². The molecule has 128 valence electrons. The number of rotatable bonds is 5. The van der Waals surface area contributed by atoms with Crippen LogP contribution >= 0.6 is 11.3 Å². The lowest BCUT2D eigenvalue weighted by molar-refractivity contribution is 0.0953. The Morgan fingerprint density at radius 1 is 1.28 bits per heavy atom. The fourth-order valence-electron chi connectivity index (χ4n) is 2.35. The summed E-state index contributed by atoms with van der Waals surface area (Å²) in [6.07, 6.45) is 1.67. The number of nitrogens with zero attached hydrogens (tertiary/aromatic N) is 2. The number of benzene rings is 1. The summed E-state index contributed by atoms with van der Waals surface area (Å²) in [5, 5.41) is 3.22. The summed E-state index contributed by atoms with van der Waals surface area (Å²) in [5.74, 6) is -0.315. The first-order valence-corrected chi connectivity index (χ1v) is 8.40. The molecule has 5 nitrogen and oxygen atoms in total. The number of carbonyl (C=O) groups is 1. The highest BCUT2D eigenvalue weighted by Gasteiger charge is 2.20. The molecule has 0 radical (unpaired) electrons. The van der Waals surface area contributed by atoms with E-state index in [0.717, 1.165) is 17.0 Å². The third-order valence-corrected chi connectivity index (χ3v) is 4.74. The Morgan fingerprint density at radius 2 is 2.12 bits per heavy atom. The van der Waals surface area contributed by atoms with Crippen molar-refractivity contribution in [3.8, 4) is 16.3 Å². The number of nitrogens with one attached hydrogen (secondary N) is 1. The lowest BCUT2D eigenvalue weighted by atomic mass is 10.2. The molecule has 1 aromatic carbocycles. The van der Waals surface area contributed by atoms with Gasteiger partial charge in [-0.05, 0) is 31.2 Å². The van der Waals surface area contributed by atoms with Crippen LogP contribution in [0, 0.1) is 12.7 Å². The van der Waals surface area contributed by atoms with Gasteiger partial charge >= 0.3 is 0 Å². The van der Waals surface area contributed by atoms with Crippen LogP contribution in [0.15, 0.2) is 42.6 Å². The Labute approximate surface area is 148 Å².